The molecular weight excluding hydrogens is 415 g/mol. The Balaban J connectivity index is 1.49. The molecule has 0 radical (unpaired) electrons. The van der Waals surface area contributed by atoms with Crippen LogP contribution in [0.2, 0.25) is 10.0 Å². The first-order chi connectivity index (χ1) is 14.5. The number of hydrogen-bond acceptors (Lipinski definition) is 2. The van der Waals surface area contributed by atoms with Gasteiger partial charge in [0.1, 0.15) is 0 Å². The maximum atomic E-state index is 13.4. The van der Waals surface area contributed by atoms with Gasteiger partial charge in [0.25, 0.3) is 5.91 Å². The van der Waals surface area contributed by atoms with E-state index in [0.717, 1.165) is 28.3 Å². The van der Waals surface area contributed by atoms with Crippen molar-refractivity contribution >= 4 is 40.0 Å². The Morgan fingerprint density at radius 1 is 1.07 bits per heavy atom. The average molecular weight is 439 g/mol. The van der Waals surface area contributed by atoms with E-state index >= 15 is 0 Å². The zero-order valence-corrected chi connectivity index (χ0v) is 18.4. The molecular formula is C25H24Cl2N2O. The minimum atomic E-state index is -0.0369. The molecule has 0 unspecified atom stereocenters. The van der Waals surface area contributed by atoms with Crippen molar-refractivity contribution in [1.82, 2.24) is 10.3 Å². The molecule has 2 aliphatic carbocycles. The van der Waals surface area contributed by atoms with Crippen LogP contribution in [0, 0.1) is 17.8 Å². The predicted molar refractivity (Wildman–Crippen MR) is 123 cm³/mol. The SMILES string of the molecule is C[C@@H](NC(=O)c1cc(-c2ccc(Cl)c(Cl)c2)nc2ccccc12)[C@H]1C[C@H]2CC[C@H]1C2. The lowest BCUT2D eigenvalue weighted by atomic mass is 9.84. The lowest BCUT2D eigenvalue weighted by Crippen LogP contribution is -2.40. The molecule has 2 saturated carbocycles. The fraction of sp³-hybridized carbons (Fsp3) is 0.360. The van der Waals surface area contributed by atoms with E-state index in [1.54, 1.807) is 12.1 Å². The number of pyridine rings is 1. The molecule has 0 aliphatic heterocycles. The summed E-state index contributed by atoms with van der Waals surface area (Å²) in [6.07, 6.45) is 5.27. The second kappa shape index (κ2) is 7.86. The van der Waals surface area contributed by atoms with E-state index in [4.69, 9.17) is 28.2 Å². The van der Waals surface area contributed by atoms with Crippen LogP contribution in [-0.4, -0.2) is 16.9 Å². The van der Waals surface area contributed by atoms with Crippen molar-refractivity contribution < 1.29 is 4.79 Å². The Labute approximate surface area is 186 Å². The number of rotatable bonds is 4. The minimum absolute atomic E-state index is 0.0369. The standard InChI is InChI=1S/C25H24Cl2N2O/c1-14(19-11-15-6-7-16(19)10-15)28-25(30)20-13-24(17-8-9-21(26)22(27)12-17)29-23-5-3-2-4-18(20)23/h2-5,8-9,12-16,19H,6-7,10-11H2,1H3,(H,28,30)/t14-,15+,16+,19-/m1/s1. The highest BCUT2D eigenvalue weighted by molar-refractivity contribution is 6.42. The van der Waals surface area contributed by atoms with Crippen LogP contribution in [0.4, 0.5) is 0 Å². The number of carbonyl (C=O) groups excluding carboxylic acids is 1. The van der Waals surface area contributed by atoms with Crippen LogP contribution < -0.4 is 5.32 Å². The zero-order chi connectivity index (χ0) is 20.8. The summed E-state index contributed by atoms with van der Waals surface area (Å²) in [6, 6.07) is 15.2. The number of fused-ring (bicyclic) bond motifs is 3. The number of nitrogens with one attached hydrogen (secondary N) is 1. The van der Waals surface area contributed by atoms with Crippen molar-refractivity contribution in [1.29, 1.82) is 0 Å². The summed E-state index contributed by atoms with van der Waals surface area (Å²) in [4.78, 5) is 18.1. The summed E-state index contributed by atoms with van der Waals surface area (Å²) in [5.41, 5.74) is 2.99. The fourth-order valence-corrected chi connectivity index (χ4v) is 5.76. The molecule has 154 valence electrons. The van der Waals surface area contributed by atoms with Crippen LogP contribution in [-0.2, 0) is 0 Å². The fourth-order valence-electron chi connectivity index (χ4n) is 5.46. The second-order valence-electron chi connectivity index (χ2n) is 8.80. The largest absolute Gasteiger partial charge is 0.349 e. The van der Waals surface area contributed by atoms with Crippen molar-refractivity contribution in [3.8, 4) is 11.3 Å². The molecule has 30 heavy (non-hydrogen) atoms. The topological polar surface area (TPSA) is 42.0 Å². The molecule has 4 atom stereocenters. The van der Waals surface area contributed by atoms with Gasteiger partial charge >= 0.3 is 0 Å². The Kier molecular flexibility index (Phi) is 5.20. The van der Waals surface area contributed by atoms with E-state index in [2.05, 4.69) is 12.2 Å². The van der Waals surface area contributed by atoms with Crippen LogP contribution in [0.1, 0.15) is 43.0 Å². The molecule has 1 heterocycles. The third-order valence-corrected chi connectivity index (χ3v) is 7.71. The highest BCUT2D eigenvalue weighted by Crippen LogP contribution is 2.49. The maximum Gasteiger partial charge on any atom is 0.252 e. The number of carbonyl (C=O) groups is 1. The van der Waals surface area contributed by atoms with Crippen molar-refractivity contribution in [3.05, 3.63) is 64.1 Å². The molecule has 2 aliphatic rings. The van der Waals surface area contributed by atoms with Gasteiger partial charge in [-0.1, -0.05) is 53.9 Å². The third-order valence-electron chi connectivity index (χ3n) is 6.97. The van der Waals surface area contributed by atoms with Gasteiger partial charge in [0.2, 0.25) is 0 Å². The molecule has 1 N–H and O–H groups in total. The van der Waals surface area contributed by atoms with E-state index < -0.39 is 0 Å². The molecule has 3 aromatic rings. The first-order valence-electron chi connectivity index (χ1n) is 10.7. The monoisotopic (exact) mass is 438 g/mol. The molecule has 5 rings (SSSR count). The minimum Gasteiger partial charge on any atom is -0.349 e. The van der Waals surface area contributed by atoms with Crippen LogP contribution in [0.5, 0.6) is 0 Å². The van der Waals surface area contributed by atoms with Gasteiger partial charge in [0.05, 0.1) is 26.8 Å². The third kappa shape index (κ3) is 3.59. The zero-order valence-electron chi connectivity index (χ0n) is 16.9. The first-order valence-corrected chi connectivity index (χ1v) is 11.4. The van der Waals surface area contributed by atoms with Crippen LogP contribution in [0.25, 0.3) is 22.2 Å². The number of nitrogens with zero attached hydrogens (tertiary/aromatic N) is 1. The van der Waals surface area contributed by atoms with Gasteiger partial charge in [0.15, 0.2) is 0 Å². The van der Waals surface area contributed by atoms with Gasteiger partial charge in [-0.05, 0) is 68.2 Å². The summed E-state index contributed by atoms with van der Waals surface area (Å²) in [5, 5.41) is 5.13. The van der Waals surface area contributed by atoms with Gasteiger partial charge in [-0.2, -0.15) is 0 Å². The molecule has 2 bridgehead atoms. The van der Waals surface area contributed by atoms with Crippen molar-refractivity contribution in [2.24, 2.45) is 17.8 Å². The number of amides is 1. The molecule has 2 aromatic carbocycles. The molecule has 1 aromatic heterocycles. The number of benzene rings is 2. The van der Waals surface area contributed by atoms with Crippen molar-refractivity contribution in [2.45, 2.75) is 38.6 Å². The Hall–Kier alpha value is -2.10. The van der Waals surface area contributed by atoms with Gasteiger partial charge in [-0.15, -0.1) is 0 Å². The quantitative estimate of drug-likeness (QED) is 0.488. The summed E-state index contributed by atoms with van der Waals surface area (Å²) in [7, 11) is 0. The molecule has 2 fully saturated rings. The average Bonchev–Trinajstić information content (AvgIpc) is 3.38. The summed E-state index contributed by atoms with van der Waals surface area (Å²) < 4.78 is 0. The molecule has 0 saturated heterocycles. The van der Waals surface area contributed by atoms with Crippen molar-refractivity contribution in [2.75, 3.05) is 0 Å². The molecule has 1 amide bonds. The lowest BCUT2D eigenvalue weighted by Gasteiger charge is -2.28. The highest BCUT2D eigenvalue weighted by Gasteiger charge is 2.42. The number of para-hydroxylation sites is 1. The Morgan fingerprint density at radius 2 is 1.90 bits per heavy atom. The van der Waals surface area contributed by atoms with E-state index in [9.17, 15) is 4.79 Å². The van der Waals surface area contributed by atoms with Gasteiger partial charge in [-0.3, -0.25) is 4.79 Å². The number of aromatic nitrogens is 1. The van der Waals surface area contributed by atoms with Crippen LogP contribution in [0.15, 0.2) is 48.5 Å². The predicted octanol–water partition coefficient (Wildman–Crippen LogP) is 6.76. The summed E-state index contributed by atoms with van der Waals surface area (Å²) in [5.74, 6) is 2.19. The molecule has 3 nitrogen and oxygen atoms in total. The Bertz CT molecular complexity index is 1130. The normalized spacial score (nSPS) is 23.6. The van der Waals surface area contributed by atoms with Crippen LogP contribution >= 0.6 is 23.2 Å². The molecule has 0 spiro atoms. The number of halogens is 2. The summed E-state index contributed by atoms with van der Waals surface area (Å²) >= 11 is 12.3. The van der Waals surface area contributed by atoms with E-state index in [1.807, 2.05) is 36.4 Å². The molecule has 5 heteroatoms. The maximum absolute atomic E-state index is 13.4. The van der Waals surface area contributed by atoms with Gasteiger partial charge < -0.3 is 5.32 Å². The smallest absolute Gasteiger partial charge is 0.252 e. The number of hydrogen-bond donors (Lipinski definition) is 1. The van der Waals surface area contributed by atoms with Crippen LogP contribution in [0.3, 0.4) is 0 Å². The van der Waals surface area contributed by atoms with E-state index in [1.165, 1.54) is 25.7 Å². The Morgan fingerprint density at radius 3 is 2.63 bits per heavy atom. The lowest BCUT2D eigenvalue weighted by molar-refractivity contribution is 0.0917. The first kappa shape index (κ1) is 19.8. The summed E-state index contributed by atoms with van der Waals surface area (Å²) in [6.45, 7) is 2.16. The highest BCUT2D eigenvalue weighted by atomic mass is 35.5. The second-order valence-corrected chi connectivity index (χ2v) is 9.62. The van der Waals surface area contributed by atoms with Crippen molar-refractivity contribution in [3.63, 3.8) is 0 Å². The van der Waals surface area contributed by atoms with Gasteiger partial charge in [0, 0.05) is 17.0 Å². The van der Waals surface area contributed by atoms with Gasteiger partial charge in [-0.25, -0.2) is 4.98 Å². The van der Waals surface area contributed by atoms with E-state index in [-0.39, 0.29) is 11.9 Å². The van der Waals surface area contributed by atoms with E-state index in [0.29, 0.717) is 27.2 Å².